The standard InChI is InChI=1S/C40H78N2O6/c1-16-40(15,28-37(8,9)10)31-48-32(43)18-22-41-21-17-23-42(24-19-33(44)46-29-38(11,12)26-35(2,3)4)25-20-34(45)47-30-39(13,14)27-36(5,6)7/h41H,16-31H2,1-15H3. The highest BCUT2D eigenvalue weighted by atomic mass is 16.5. The lowest BCUT2D eigenvalue weighted by atomic mass is 9.74. The number of carbonyl (C=O) groups is 3. The van der Waals surface area contributed by atoms with Crippen LogP contribution in [0, 0.1) is 32.5 Å². The van der Waals surface area contributed by atoms with E-state index >= 15 is 0 Å². The third kappa shape index (κ3) is 26.2. The van der Waals surface area contributed by atoms with E-state index in [1.54, 1.807) is 0 Å². The van der Waals surface area contributed by atoms with Gasteiger partial charge in [-0.25, -0.2) is 0 Å². The van der Waals surface area contributed by atoms with Gasteiger partial charge >= 0.3 is 17.9 Å². The molecule has 48 heavy (non-hydrogen) atoms. The second kappa shape index (κ2) is 20.2. The molecule has 0 aromatic heterocycles. The number of nitrogens with zero attached hydrogens (tertiary/aromatic N) is 1. The predicted molar refractivity (Wildman–Crippen MR) is 199 cm³/mol. The Kier molecular flexibility index (Phi) is 19.5. The summed E-state index contributed by atoms with van der Waals surface area (Å²) in [6.07, 6.45) is 5.55. The largest absolute Gasteiger partial charge is 0.465 e. The van der Waals surface area contributed by atoms with Crippen molar-refractivity contribution in [3.05, 3.63) is 0 Å². The quantitative estimate of drug-likeness (QED) is 0.0649. The summed E-state index contributed by atoms with van der Waals surface area (Å²) < 4.78 is 17.0. The zero-order valence-corrected chi connectivity index (χ0v) is 34.2. The zero-order chi connectivity index (χ0) is 37.5. The van der Waals surface area contributed by atoms with Crippen LogP contribution in [0.5, 0.6) is 0 Å². The minimum absolute atomic E-state index is 0.0189. The second-order valence-corrected chi connectivity index (χ2v) is 19.9. The first-order chi connectivity index (χ1) is 21.6. The summed E-state index contributed by atoms with van der Waals surface area (Å²) >= 11 is 0. The molecule has 0 aromatic carbocycles. The molecule has 1 unspecified atom stereocenters. The van der Waals surface area contributed by atoms with Gasteiger partial charge in [-0.3, -0.25) is 14.4 Å². The monoisotopic (exact) mass is 683 g/mol. The number of hydrogen-bond donors (Lipinski definition) is 1. The SMILES string of the molecule is CCC(C)(COC(=O)CCNCCCN(CCC(=O)OCC(C)(C)CC(C)(C)C)CCC(=O)OCC(C)(C)CC(C)(C)C)CC(C)(C)C. The molecule has 0 aliphatic heterocycles. The molecule has 284 valence electrons. The van der Waals surface area contributed by atoms with Gasteiger partial charge in [0.05, 0.1) is 39.1 Å². The lowest BCUT2D eigenvalue weighted by molar-refractivity contribution is -0.148. The van der Waals surface area contributed by atoms with Gasteiger partial charge in [0.2, 0.25) is 0 Å². The molecule has 0 fully saturated rings. The van der Waals surface area contributed by atoms with Crippen molar-refractivity contribution in [3.63, 3.8) is 0 Å². The van der Waals surface area contributed by atoms with E-state index in [2.05, 4.69) is 114 Å². The van der Waals surface area contributed by atoms with Gasteiger partial charge in [0, 0.05) is 25.0 Å². The Labute approximate surface area is 296 Å². The van der Waals surface area contributed by atoms with Crippen LogP contribution in [0.3, 0.4) is 0 Å². The molecule has 0 saturated heterocycles. The van der Waals surface area contributed by atoms with E-state index in [0.29, 0.717) is 52.4 Å². The number of ether oxygens (including phenoxy) is 3. The maximum atomic E-state index is 12.7. The summed E-state index contributed by atoms with van der Waals surface area (Å²) in [5.41, 5.74) is 0.269. The average molecular weight is 683 g/mol. The first-order valence-corrected chi connectivity index (χ1v) is 18.5. The Bertz CT molecular complexity index is 906. The van der Waals surface area contributed by atoms with Crippen molar-refractivity contribution in [1.82, 2.24) is 10.2 Å². The highest BCUT2D eigenvalue weighted by Gasteiger charge is 2.30. The Morgan fingerprint density at radius 3 is 1.31 bits per heavy atom. The van der Waals surface area contributed by atoms with Crippen LogP contribution in [-0.2, 0) is 28.6 Å². The Balaban J connectivity index is 4.90. The summed E-state index contributed by atoms with van der Waals surface area (Å²) in [5, 5.41) is 3.35. The molecule has 0 spiro atoms. The molecule has 8 nitrogen and oxygen atoms in total. The molecule has 0 heterocycles. The van der Waals surface area contributed by atoms with Crippen LogP contribution in [0.2, 0.25) is 0 Å². The van der Waals surface area contributed by atoms with E-state index in [-0.39, 0.29) is 63.2 Å². The van der Waals surface area contributed by atoms with E-state index in [1.165, 1.54) is 0 Å². The van der Waals surface area contributed by atoms with Gasteiger partial charge in [0.25, 0.3) is 0 Å². The molecule has 0 aromatic rings. The Hall–Kier alpha value is -1.67. The van der Waals surface area contributed by atoms with Crippen molar-refractivity contribution >= 4 is 17.9 Å². The molecule has 0 radical (unpaired) electrons. The van der Waals surface area contributed by atoms with Crippen LogP contribution in [-0.4, -0.2) is 75.4 Å². The van der Waals surface area contributed by atoms with Crippen molar-refractivity contribution in [1.29, 1.82) is 0 Å². The molecule has 0 bridgehead atoms. The van der Waals surface area contributed by atoms with Gasteiger partial charge in [-0.05, 0) is 72.3 Å². The second-order valence-electron chi connectivity index (χ2n) is 19.9. The molecular weight excluding hydrogens is 604 g/mol. The minimum Gasteiger partial charge on any atom is -0.465 e. The zero-order valence-electron chi connectivity index (χ0n) is 34.2. The van der Waals surface area contributed by atoms with E-state index in [1.807, 2.05) is 0 Å². The summed E-state index contributed by atoms with van der Waals surface area (Å²) in [6.45, 7) is 36.9. The van der Waals surface area contributed by atoms with Gasteiger partial charge in [-0.15, -0.1) is 0 Å². The predicted octanol–water partition coefficient (Wildman–Crippen LogP) is 8.85. The molecular formula is C40H78N2O6. The highest BCUT2D eigenvalue weighted by molar-refractivity contribution is 5.70. The van der Waals surface area contributed by atoms with Crippen LogP contribution in [0.4, 0.5) is 0 Å². The fourth-order valence-electron chi connectivity index (χ4n) is 7.13. The maximum absolute atomic E-state index is 12.7. The molecule has 0 aliphatic rings. The van der Waals surface area contributed by atoms with Crippen molar-refractivity contribution in [2.45, 2.75) is 155 Å². The lowest BCUT2D eigenvalue weighted by Crippen LogP contribution is -2.34. The summed E-state index contributed by atoms with van der Waals surface area (Å²) in [7, 11) is 0. The number of rotatable bonds is 23. The van der Waals surface area contributed by atoms with Gasteiger partial charge in [0.1, 0.15) is 0 Å². The van der Waals surface area contributed by atoms with E-state index in [4.69, 9.17) is 14.2 Å². The van der Waals surface area contributed by atoms with Crippen LogP contribution >= 0.6 is 0 Å². The summed E-state index contributed by atoms with van der Waals surface area (Å²) in [6, 6.07) is 0. The highest BCUT2D eigenvalue weighted by Crippen LogP contribution is 2.37. The molecule has 0 saturated carbocycles. The van der Waals surface area contributed by atoms with Crippen LogP contribution < -0.4 is 5.32 Å². The topological polar surface area (TPSA) is 94.2 Å². The van der Waals surface area contributed by atoms with E-state index in [9.17, 15) is 14.4 Å². The van der Waals surface area contributed by atoms with Gasteiger partial charge in [-0.1, -0.05) is 104 Å². The normalized spacial score (nSPS) is 14.5. The third-order valence-electron chi connectivity index (χ3n) is 8.26. The van der Waals surface area contributed by atoms with E-state index in [0.717, 1.165) is 38.6 Å². The molecule has 1 atom stereocenters. The number of nitrogens with one attached hydrogen (secondary N) is 1. The molecule has 1 N–H and O–H groups in total. The Morgan fingerprint density at radius 2 is 0.917 bits per heavy atom. The van der Waals surface area contributed by atoms with Gasteiger partial charge in [-0.2, -0.15) is 0 Å². The lowest BCUT2D eigenvalue weighted by Gasteiger charge is -2.34. The number of hydrogen-bond acceptors (Lipinski definition) is 8. The molecule has 8 heteroatoms. The smallest absolute Gasteiger partial charge is 0.307 e. The van der Waals surface area contributed by atoms with Crippen molar-refractivity contribution in [2.24, 2.45) is 32.5 Å². The van der Waals surface area contributed by atoms with Gasteiger partial charge < -0.3 is 24.4 Å². The molecule has 0 aliphatic carbocycles. The summed E-state index contributed by atoms with van der Waals surface area (Å²) in [5.74, 6) is -0.607. The van der Waals surface area contributed by atoms with Gasteiger partial charge in [0.15, 0.2) is 0 Å². The minimum atomic E-state index is -0.216. The van der Waals surface area contributed by atoms with Crippen LogP contribution in [0.25, 0.3) is 0 Å². The van der Waals surface area contributed by atoms with Crippen LogP contribution in [0.15, 0.2) is 0 Å². The average Bonchev–Trinajstić information content (AvgIpc) is 2.89. The maximum Gasteiger partial charge on any atom is 0.307 e. The fraction of sp³-hybridized carbons (Fsp3) is 0.925. The molecule has 0 rings (SSSR count). The van der Waals surface area contributed by atoms with E-state index < -0.39 is 0 Å². The fourth-order valence-corrected chi connectivity index (χ4v) is 7.13. The first-order valence-electron chi connectivity index (χ1n) is 18.5. The van der Waals surface area contributed by atoms with Crippen molar-refractivity contribution < 1.29 is 28.6 Å². The summed E-state index contributed by atoms with van der Waals surface area (Å²) in [4.78, 5) is 40.0. The first kappa shape index (κ1) is 46.3. The van der Waals surface area contributed by atoms with Crippen molar-refractivity contribution in [3.8, 4) is 0 Å². The third-order valence-corrected chi connectivity index (χ3v) is 8.26. The Morgan fingerprint density at radius 1 is 0.521 bits per heavy atom. The molecule has 0 amide bonds. The number of carbonyl (C=O) groups excluding carboxylic acids is 3. The van der Waals surface area contributed by atoms with Crippen LogP contribution in [0.1, 0.15) is 155 Å². The van der Waals surface area contributed by atoms with Crippen molar-refractivity contribution in [2.75, 3.05) is 52.5 Å². The number of esters is 3.